The van der Waals surface area contributed by atoms with Gasteiger partial charge in [-0.05, 0) is 12.0 Å². The second-order valence-electron chi connectivity index (χ2n) is 4.97. The molecule has 2 saturated heterocycles. The van der Waals surface area contributed by atoms with Crippen LogP contribution in [0.15, 0.2) is 24.3 Å². The largest absolute Gasteiger partial charge is 0.364 e. The van der Waals surface area contributed by atoms with Crippen LogP contribution in [0, 0.1) is 0 Å². The Balaban J connectivity index is 1.86. The van der Waals surface area contributed by atoms with Crippen molar-refractivity contribution < 1.29 is 14.3 Å². The Kier molecular flexibility index (Phi) is 2.93. The van der Waals surface area contributed by atoms with Gasteiger partial charge in [0.15, 0.2) is 0 Å². The van der Waals surface area contributed by atoms with Crippen molar-refractivity contribution in [2.24, 2.45) is 0 Å². The summed E-state index contributed by atoms with van der Waals surface area (Å²) in [6.07, 6.45) is 1.83. The molecule has 0 bridgehead atoms. The molecule has 0 saturated carbocycles. The van der Waals surface area contributed by atoms with Crippen LogP contribution in [0.3, 0.4) is 0 Å². The number of aldehydes is 1. The maximum atomic E-state index is 10.7. The number of carbonyl (C=O) groups excluding carboxylic acids is 1. The first-order valence-electron chi connectivity index (χ1n) is 6.30. The van der Waals surface area contributed by atoms with Crippen molar-refractivity contribution in [2.45, 2.75) is 25.1 Å². The molecule has 4 heteroatoms. The Morgan fingerprint density at radius 3 is 2.83 bits per heavy atom. The van der Waals surface area contributed by atoms with E-state index in [-0.39, 0.29) is 11.8 Å². The van der Waals surface area contributed by atoms with Crippen LogP contribution in [0.2, 0.25) is 0 Å². The summed E-state index contributed by atoms with van der Waals surface area (Å²) in [5.74, 6) is 0. The lowest BCUT2D eigenvalue weighted by atomic mass is 9.98. The second-order valence-corrected chi connectivity index (χ2v) is 4.97. The van der Waals surface area contributed by atoms with Gasteiger partial charge in [-0.1, -0.05) is 31.2 Å². The highest BCUT2D eigenvalue weighted by Gasteiger charge is 2.50. The highest BCUT2D eigenvalue weighted by molar-refractivity contribution is 5.74. The SMILES string of the molecule is CC[C@]12COCN1[C@H](c1ccc(C=O)cc1)OC2. The molecule has 0 radical (unpaired) electrons. The molecule has 18 heavy (non-hydrogen) atoms. The van der Waals surface area contributed by atoms with Crippen molar-refractivity contribution in [1.29, 1.82) is 0 Å². The Morgan fingerprint density at radius 2 is 2.17 bits per heavy atom. The van der Waals surface area contributed by atoms with Gasteiger partial charge in [-0.15, -0.1) is 0 Å². The molecule has 2 atom stereocenters. The lowest BCUT2D eigenvalue weighted by Gasteiger charge is -2.29. The lowest BCUT2D eigenvalue weighted by Crippen LogP contribution is -2.42. The first kappa shape index (κ1) is 11.8. The first-order valence-corrected chi connectivity index (χ1v) is 6.30. The van der Waals surface area contributed by atoms with Crippen LogP contribution < -0.4 is 0 Å². The fraction of sp³-hybridized carbons (Fsp3) is 0.500. The standard InChI is InChI=1S/C14H17NO3/c1-2-14-8-17-10-15(14)13(18-9-14)12-5-3-11(7-16)4-6-12/h3-7,13H,2,8-10H2,1H3/t13-,14+/m0/s1. The Bertz CT molecular complexity index is 445. The van der Waals surface area contributed by atoms with E-state index in [1.54, 1.807) is 0 Å². The summed E-state index contributed by atoms with van der Waals surface area (Å²) in [6.45, 7) is 4.24. The van der Waals surface area contributed by atoms with Crippen LogP contribution in [0.5, 0.6) is 0 Å². The van der Waals surface area contributed by atoms with Gasteiger partial charge in [0.1, 0.15) is 19.2 Å². The van der Waals surface area contributed by atoms with E-state index in [2.05, 4.69) is 11.8 Å². The van der Waals surface area contributed by atoms with Gasteiger partial charge in [0.25, 0.3) is 0 Å². The predicted octanol–water partition coefficient (Wildman–Crippen LogP) is 1.97. The average Bonchev–Trinajstić information content (AvgIpc) is 2.97. The van der Waals surface area contributed by atoms with Crippen molar-refractivity contribution in [3.63, 3.8) is 0 Å². The summed E-state index contributed by atoms with van der Waals surface area (Å²) in [5.41, 5.74) is 1.81. The summed E-state index contributed by atoms with van der Waals surface area (Å²) in [5, 5.41) is 0. The van der Waals surface area contributed by atoms with Crippen LogP contribution >= 0.6 is 0 Å². The van der Waals surface area contributed by atoms with Gasteiger partial charge < -0.3 is 9.47 Å². The van der Waals surface area contributed by atoms with Gasteiger partial charge >= 0.3 is 0 Å². The normalized spacial score (nSPS) is 31.5. The van der Waals surface area contributed by atoms with Crippen LogP contribution in [-0.4, -0.2) is 36.7 Å². The molecular weight excluding hydrogens is 230 g/mol. The van der Waals surface area contributed by atoms with E-state index in [0.29, 0.717) is 18.9 Å². The van der Waals surface area contributed by atoms with Crippen LogP contribution in [-0.2, 0) is 9.47 Å². The molecule has 1 aromatic rings. The zero-order chi connectivity index (χ0) is 12.6. The molecular formula is C14H17NO3. The molecule has 4 nitrogen and oxygen atoms in total. The molecule has 2 aliphatic rings. The zero-order valence-corrected chi connectivity index (χ0v) is 10.5. The van der Waals surface area contributed by atoms with Gasteiger partial charge in [0, 0.05) is 5.56 Å². The third kappa shape index (κ3) is 1.68. The molecule has 3 rings (SSSR count). The van der Waals surface area contributed by atoms with Crippen molar-refractivity contribution in [1.82, 2.24) is 4.90 Å². The summed E-state index contributed by atoms with van der Waals surface area (Å²) in [4.78, 5) is 12.9. The maximum absolute atomic E-state index is 10.7. The smallest absolute Gasteiger partial charge is 0.150 e. The zero-order valence-electron chi connectivity index (χ0n) is 10.5. The molecule has 1 aromatic carbocycles. The van der Waals surface area contributed by atoms with E-state index >= 15 is 0 Å². The maximum Gasteiger partial charge on any atom is 0.150 e. The van der Waals surface area contributed by atoms with Gasteiger partial charge in [-0.3, -0.25) is 4.79 Å². The first-order chi connectivity index (χ1) is 8.79. The molecule has 0 unspecified atom stereocenters. The van der Waals surface area contributed by atoms with Gasteiger partial charge in [0.2, 0.25) is 0 Å². The molecule has 0 N–H and O–H groups in total. The van der Waals surface area contributed by atoms with E-state index in [4.69, 9.17) is 9.47 Å². The Morgan fingerprint density at radius 1 is 1.39 bits per heavy atom. The number of hydrogen-bond donors (Lipinski definition) is 0. The summed E-state index contributed by atoms with van der Waals surface area (Å²) in [7, 11) is 0. The molecule has 96 valence electrons. The van der Waals surface area contributed by atoms with Crippen molar-refractivity contribution >= 4 is 6.29 Å². The van der Waals surface area contributed by atoms with Crippen LogP contribution in [0.4, 0.5) is 0 Å². The molecule has 2 aliphatic heterocycles. The minimum atomic E-state index is -0.0480. The topological polar surface area (TPSA) is 38.8 Å². The van der Waals surface area contributed by atoms with E-state index in [0.717, 1.165) is 24.9 Å². The molecule has 0 aromatic heterocycles. The molecule has 2 heterocycles. The molecule has 0 aliphatic carbocycles. The second kappa shape index (κ2) is 4.46. The quantitative estimate of drug-likeness (QED) is 0.765. The van der Waals surface area contributed by atoms with E-state index in [9.17, 15) is 4.79 Å². The molecule has 0 spiro atoms. The number of rotatable bonds is 3. The number of benzene rings is 1. The lowest BCUT2D eigenvalue weighted by molar-refractivity contribution is -0.00636. The number of fused-ring (bicyclic) bond motifs is 1. The van der Waals surface area contributed by atoms with E-state index < -0.39 is 0 Å². The van der Waals surface area contributed by atoms with Crippen molar-refractivity contribution in [3.05, 3.63) is 35.4 Å². The van der Waals surface area contributed by atoms with Crippen molar-refractivity contribution in [2.75, 3.05) is 19.9 Å². The van der Waals surface area contributed by atoms with Crippen LogP contribution in [0.1, 0.15) is 35.5 Å². The van der Waals surface area contributed by atoms with E-state index in [1.165, 1.54) is 0 Å². The van der Waals surface area contributed by atoms with Crippen molar-refractivity contribution in [3.8, 4) is 0 Å². The number of nitrogens with zero attached hydrogens (tertiary/aromatic N) is 1. The predicted molar refractivity (Wildman–Crippen MR) is 66.2 cm³/mol. The third-order valence-electron chi connectivity index (χ3n) is 4.02. The van der Waals surface area contributed by atoms with Gasteiger partial charge in [-0.2, -0.15) is 0 Å². The highest BCUT2D eigenvalue weighted by Crippen LogP contribution is 2.42. The third-order valence-corrected chi connectivity index (χ3v) is 4.02. The number of hydrogen-bond acceptors (Lipinski definition) is 4. The minimum absolute atomic E-state index is 0.0357. The average molecular weight is 247 g/mol. The molecule has 2 fully saturated rings. The molecule has 0 amide bonds. The van der Waals surface area contributed by atoms with E-state index in [1.807, 2.05) is 24.3 Å². The van der Waals surface area contributed by atoms with Gasteiger partial charge in [0.05, 0.1) is 18.8 Å². The number of carbonyl (C=O) groups is 1. The van der Waals surface area contributed by atoms with Crippen LogP contribution in [0.25, 0.3) is 0 Å². The summed E-state index contributed by atoms with van der Waals surface area (Å²) < 4.78 is 11.5. The summed E-state index contributed by atoms with van der Waals surface area (Å²) >= 11 is 0. The highest BCUT2D eigenvalue weighted by atomic mass is 16.6. The fourth-order valence-electron chi connectivity index (χ4n) is 2.74. The number of ether oxygens (including phenoxy) is 2. The van der Waals surface area contributed by atoms with Gasteiger partial charge in [-0.25, -0.2) is 4.90 Å². The fourth-order valence-corrected chi connectivity index (χ4v) is 2.74. The Labute approximate surface area is 106 Å². The summed E-state index contributed by atoms with van der Waals surface area (Å²) in [6, 6.07) is 7.57. The minimum Gasteiger partial charge on any atom is -0.364 e. The monoisotopic (exact) mass is 247 g/mol. The Hall–Kier alpha value is -1.23.